The summed E-state index contributed by atoms with van der Waals surface area (Å²) < 4.78 is 14.6. The first kappa shape index (κ1) is 16.1. The molecule has 0 aliphatic carbocycles. The highest BCUT2D eigenvalue weighted by atomic mass is 32.2. The largest absolute Gasteiger partial charge is 0.464 e. The minimum absolute atomic E-state index is 0.0258. The smallest absolute Gasteiger partial charge is 0.347 e. The molecule has 7 nitrogen and oxygen atoms in total. The zero-order valence-corrected chi connectivity index (χ0v) is 12.6. The Morgan fingerprint density at radius 2 is 2.05 bits per heavy atom. The molecule has 0 aromatic heterocycles. The van der Waals surface area contributed by atoms with Crippen LogP contribution in [0.5, 0.6) is 0 Å². The Bertz CT molecular complexity index is 396. The Balaban J connectivity index is 1.56. The van der Waals surface area contributed by atoms with E-state index in [2.05, 4.69) is 4.74 Å². The standard InChI is InChI=1S/C13H19NO6S/c15-11(20-10-1-5-19-13(10)17)2-6-18-12(16)9-14-3-7-21-8-4-14/h10H,1-9H2. The molecule has 0 spiro atoms. The summed E-state index contributed by atoms with van der Waals surface area (Å²) in [6, 6.07) is 0. The van der Waals surface area contributed by atoms with E-state index in [1.54, 1.807) is 0 Å². The monoisotopic (exact) mass is 317 g/mol. The fraction of sp³-hybridized carbons (Fsp3) is 0.769. The minimum Gasteiger partial charge on any atom is -0.464 e. The van der Waals surface area contributed by atoms with Gasteiger partial charge in [-0.15, -0.1) is 0 Å². The number of carbonyl (C=O) groups is 3. The van der Waals surface area contributed by atoms with Gasteiger partial charge in [-0.25, -0.2) is 4.79 Å². The molecule has 0 aromatic carbocycles. The van der Waals surface area contributed by atoms with Crippen LogP contribution in [0, 0.1) is 0 Å². The van der Waals surface area contributed by atoms with Gasteiger partial charge in [0, 0.05) is 31.0 Å². The van der Waals surface area contributed by atoms with Crippen LogP contribution < -0.4 is 0 Å². The van der Waals surface area contributed by atoms with E-state index >= 15 is 0 Å². The first-order valence-corrected chi connectivity index (χ1v) is 8.12. The number of esters is 3. The SMILES string of the molecule is O=C(CN1CCSCC1)OCCC(=O)OC1CCOC1=O. The highest BCUT2D eigenvalue weighted by molar-refractivity contribution is 7.99. The van der Waals surface area contributed by atoms with Crippen LogP contribution in [0.4, 0.5) is 0 Å². The quantitative estimate of drug-likeness (QED) is 0.493. The van der Waals surface area contributed by atoms with Gasteiger partial charge in [0.15, 0.2) is 0 Å². The molecule has 2 fully saturated rings. The third-order valence-corrected chi connectivity index (χ3v) is 4.13. The molecule has 0 bridgehead atoms. The van der Waals surface area contributed by atoms with Crippen molar-refractivity contribution in [2.75, 3.05) is 44.4 Å². The van der Waals surface area contributed by atoms with Gasteiger partial charge in [-0.2, -0.15) is 11.8 Å². The van der Waals surface area contributed by atoms with Crippen LogP contribution in [-0.4, -0.2) is 73.3 Å². The van der Waals surface area contributed by atoms with Gasteiger partial charge in [-0.3, -0.25) is 14.5 Å². The van der Waals surface area contributed by atoms with Crippen molar-refractivity contribution in [3.63, 3.8) is 0 Å². The second-order valence-electron chi connectivity index (χ2n) is 4.79. The maximum atomic E-state index is 11.6. The summed E-state index contributed by atoms with van der Waals surface area (Å²) >= 11 is 1.87. The molecule has 8 heteroatoms. The molecule has 2 rings (SSSR count). The summed E-state index contributed by atoms with van der Waals surface area (Å²) in [5.74, 6) is 0.646. The highest BCUT2D eigenvalue weighted by Crippen LogP contribution is 2.11. The van der Waals surface area contributed by atoms with Crippen LogP contribution in [0.1, 0.15) is 12.8 Å². The van der Waals surface area contributed by atoms with Gasteiger partial charge >= 0.3 is 17.9 Å². The van der Waals surface area contributed by atoms with Crippen molar-refractivity contribution in [2.45, 2.75) is 18.9 Å². The molecule has 1 unspecified atom stereocenters. The summed E-state index contributed by atoms with van der Waals surface area (Å²) in [5, 5.41) is 0. The molecule has 2 heterocycles. The fourth-order valence-electron chi connectivity index (χ4n) is 2.04. The Kier molecular flexibility index (Phi) is 6.31. The predicted molar refractivity (Wildman–Crippen MR) is 74.8 cm³/mol. The lowest BCUT2D eigenvalue weighted by Crippen LogP contribution is -2.37. The van der Waals surface area contributed by atoms with Crippen LogP contribution in [0.25, 0.3) is 0 Å². The minimum atomic E-state index is -0.806. The lowest BCUT2D eigenvalue weighted by Gasteiger charge is -2.24. The van der Waals surface area contributed by atoms with Crippen LogP contribution in [0.3, 0.4) is 0 Å². The van der Waals surface area contributed by atoms with Crippen LogP contribution in [0.2, 0.25) is 0 Å². The molecule has 0 amide bonds. The van der Waals surface area contributed by atoms with Crippen molar-refractivity contribution < 1.29 is 28.6 Å². The molecule has 0 radical (unpaired) electrons. The third-order valence-electron chi connectivity index (χ3n) is 3.19. The predicted octanol–water partition coefficient (Wildman–Crippen LogP) is -0.173. The van der Waals surface area contributed by atoms with Gasteiger partial charge in [-0.1, -0.05) is 0 Å². The van der Waals surface area contributed by atoms with Gasteiger partial charge in [0.2, 0.25) is 6.10 Å². The van der Waals surface area contributed by atoms with Gasteiger partial charge in [-0.05, 0) is 0 Å². The van der Waals surface area contributed by atoms with Crippen molar-refractivity contribution >= 4 is 29.7 Å². The molecular formula is C13H19NO6S. The number of carbonyl (C=O) groups excluding carboxylic acids is 3. The van der Waals surface area contributed by atoms with Crippen molar-refractivity contribution in [3.05, 3.63) is 0 Å². The number of cyclic esters (lactones) is 1. The molecule has 118 valence electrons. The van der Waals surface area contributed by atoms with E-state index in [0.29, 0.717) is 6.42 Å². The van der Waals surface area contributed by atoms with Gasteiger partial charge < -0.3 is 14.2 Å². The summed E-state index contributed by atoms with van der Waals surface area (Å²) in [4.78, 5) is 36.2. The number of ether oxygens (including phenoxy) is 3. The normalized spacial score (nSPS) is 22.7. The zero-order chi connectivity index (χ0) is 15.1. The Morgan fingerprint density at radius 1 is 1.29 bits per heavy atom. The molecule has 2 aliphatic rings. The van der Waals surface area contributed by atoms with Crippen molar-refractivity contribution in [1.29, 1.82) is 0 Å². The maximum Gasteiger partial charge on any atom is 0.347 e. The number of nitrogens with zero attached hydrogens (tertiary/aromatic N) is 1. The van der Waals surface area contributed by atoms with E-state index in [4.69, 9.17) is 9.47 Å². The molecule has 1 atom stereocenters. The fourth-order valence-corrected chi connectivity index (χ4v) is 3.02. The average molecular weight is 317 g/mol. The van der Waals surface area contributed by atoms with E-state index in [1.165, 1.54) is 0 Å². The molecular weight excluding hydrogens is 298 g/mol. The van der Waals surface area contributed by atoms with E-state index < -0.39 is 18.0 Å². The van der Waals surface area contributed by atoms with Crippen LogP contribution in [0.15, 0.2) is 0 Å². The second kappa shape index (κ2) is 8.23. The first-order chi connectivity index (χ1) is 10.1. The van der Waals surface area contributed by atoms with Crippen molar-refractivity contribution in [3.8, 4) is 0 Å². The van der Waals surface area contributed by atoms with E-state index in [0.717, 1.165) is 24.6 Å². The number of hydrogen-bond donors (Lipinski definition) is 0. The topological polar surface area (TPSA) is 82.1 Å². The summed E-state index contributed by atoms with van der Waals surface area (Å²) in [6.45, 7) is 2.27. The molecule has 0 saturated carbocycles. The third kappa shape index (κ3) is 5.55. The van der Waals surface area contributed by atoms with E-state index in [9.17, 15) is 14.4 Å². The van der Waals surface area contributed by atoms with Crippen LogP contribution in [-0.2, 0) is 28.6 Å². The highest BCUT2D eigenvalue weighted by Gasteiger charge is 2.30. The second-order valence-corrected chi connectivity index (χ2v) is 6.02. The number of rotatable bonds is 6. The maximum absolute atomic E-state index is 11.6. The van der Waals surface area contributed by atoms with Crippen LogP contribution >= 0.6 is 11.8 Å². The van der Waals surface area contributed by atoms with Gasteiger partial charge in [0.05, 0.1) is 19.6 Å². The molecule has 2 aliphatic heterocycles. The lowest BCUT2D eigenvalue weighted by atomic mass is 10.3. The molecule has 0 aromatic rings. The van der Waals surface area contributed by atoms with Crippen molar-refractivity contribution in [1.82, 2.24) is 4.90 Å². The van der Waals surface area contributed by atoms with E-state index in [-0.39, 0.29) is 32.1 Å². The number of hydrogen-bond acceptors (Lipinski definition) is 8. The zero-order valence-electron chi connectivity index (χ0n) is 11.7. The van der Waals surface area contributed by atoms with Crippen molar-refractivity contribution in [2.24, 2.45) is 0 Å². The summed E-state index contributed by atoms with van der Waals surface area (Å²) in [5.41, 5.74) is 0. The molecule has 21 heavy (non-hydrogen) atoms. The van der Waals surface area contributed by atoms with Gasteiger partial charge in [0.1, 0.15) is 6.61 Å². The molecule has 0 N–H and O–H groups in total. The van der Waals surface area contributed by atoms with E-state index in [1.807, 2.05) is 16.7 Å². The average Bonchev–Trinajstić information content (AvgIpc) is 2.85. The summed E-state index contributed by atoms with van der Waals surface area (Å²) in [6.07, 6.45) is -0.470. The van der Waals surface area contributed by atoms with Gasteiger partial charge in [0.25, 0.3) is 0 Å². The number of thioether (sulfide) groups is 1. The summed E-state index contributed by atoms with van der Waals surface area (Å²) in [7, 11) is 0. The first-order valence-electron chi connectivity index (χ1n) is 6.97. The molecule has 2 saturated heterocycles. The lowest BCUT2D eigenvalue weighted by molar-refractivity contribution is -0.161. The Hall–Kier alpha value is -1.28. The Morgan fingerprint density at radius 3 is 2.71 bits per heavy atom. The Labute approximate surface area is 127 Å².